The summed E-state index contributed by atoms with van der Waals surface area (Å²) in [5.74, 6) is 1.01. The molecule has 3 heterocycles. The van der Waals surface area contributed by atoms with Crippen molar-refractivity contribution in [1.29, 1.82) is 0 Å². The van der Waals surface area contributed by atoms with Gasteiger partial charge in [-0.2, -0.15) is 4.39 Å². The van der Waals surface area contributed by atoms with E-state index in [9.17, 15) is 4.39 Å². The molecule has 1 aliphatic rings. The number of pyridine rings is 2. The van der Waals surface area contributed by atoms with E-state index in [-0.39, 0.29) is 0 Å². The normalized spacial score (nSPS) is 12.0. The zero-order valence-corrected chi connectivity index (χ0v) is 11.5. The minimum Gasteiger partial charge on any atom is -0.456 e. The molecule has 3 aromatic rings. The van der Waals surface area contributed by atoms with Crippen molar-refractivity contribution in [3.63, 3.8) is 0 Å². The summed E-state index contributed by atoms with van der Waals surface area (Å²) in [6.07, 6.45) is 8.77. The van der Waals surface area contributed by atoms with Gasteiger partial charge in [0, 0.05) is 35.3 Å². The smallest absolute Gasteiger partial charge is 0.220 e. The number of hydrogen-bond acceptors (Lipinski definition) is 3. The van der Waals surface area contributed by atoms with E-state index >= 15 is 0 Å². The predicted molar refractivity (Wildman–Crippen MR) is 82.9 cm³/mol. The Kier molecular flexibility index (Phi) is 2.93. The molecule has 1 aliphatic heterocycles. The third-order valence-electron chi connectivity index (χ3n) is 3.55. The summed E-state index contributed by atoms with van der Waals surface area (Å²) in [7, 11) is 0. The molecular weight excluding hydrogens is 279 g/mol. The van der Waals surface area contributed by atoms with Crippen molar-refractivity contribution in [2.24, 2.45) is 0 Å². The molecule has 0 aliphatic carbocycles. The fraction of sp³-hybridized carbons (Fsp3) is 0. The lowest BCUT2D eigenvalue weighted by molar-refractivity contribution is 0.481. The molecule has 0 atom stereocenters. The van der Waals surface area contributed by atoms with Crippen LogP contribution in [-0.2, 0) is 0 Å². The van der Waals surface area contributed by atoms with E-state index in [1.165, 1.54) is 6.20 Å². The Labute approximate surface area is 126 Å². The maximum absolute atomic E-state index is 13.8. The number of hydrogen-bond donors (Lipinski definition) is 0. The van der Waals surface area contributed by atoms with Crippen molar-refractivity contribution in [3.8, 4) is 22.6 Å². The lowest BCUT2D eigenvalue weighted by Gasteiger charge is -2.10. The maximum Gasteiger partial charge on any atom is 0.220 e. The monoisotopic (exact) mass is 290 g/mol. The molecule has 0 N–H and O–H groups in total. The highest BCUT2D eigenvalue weighted by molar-refractivity contribution is 5.80. The van der Waals surface area contributed by atoms with Gasteiger partial charge >= 0.3 is 0 Å². The molecule has 0 saturated carbocycles. The van der Waals surface area contributed by atoms with Gasteiger partial charge in [-0.3, -0.25) is 4.98 Å². The van der Waals surface area contributed by atoms with Crippen LogP contribution in [0.2, 0.25) is 0 Å². The van der Waals surface area contributed by atoms with Crippen LogP contribution in [0.15, 0.2) is 55.0 Å². The molecule has 2 aromatic heterocycles. The number of halogens is 1. The van der Waals surface area contributed by atoms with Crippen LogP contribution in [0, 0.1) is 5.95 Å². The van der Waals surface area contributed by atoms with Crippen LogP contribution >= 0.6 is 0 Å². The Bertz CT molecular complexity index is 890. The Morgan fingerprint density at radius 2 is 1.77 bits per heavy atom. The van der Waals surface area contributed by atoms with Gasteiger partial charge < -0.3 is 4.74 Å². The Balaban J connectivity index is 1.82. The highest BCUT2D eigenvalue weighted by Gasteiger charge is 2.13. The first-order valence-electron chi connectivity index (χ1n) is 6.86. The van der Waals surface area contributed by atoms with E-state index in [1.54, 1.807) is 24.5 Å². The van der Waals surface area contributed by atoms with Gasteiger partial charge in [0.15, 0.2) is 0 Å². The summed E-state index contributed by atoms with van der Waals surface area (Å²) in [6.45, 7) is 0. The first-order chi connectivity index (χ1) is 10.8. The van der Waals surface area contributed by atoms with Gasteiger partial charge in [0.25, 0.3) is 0 Å². The van der Waals surface area contributed by atoms with Crippen molar-refractivity contribution < 1.29 is 9.13 Å². The van der Waals surface area contributed by atoms with E-state index < -0.39 is 5.95 Å². The number of ether oxygens (including phenoxy) is 1. The standard InChI is InChI=1S/C18H11FN2O/c19-18-15(2-1-8-21-18)12-5-6-16-13(10-12)3-4-14-11-20-9-7-17(14)22-16/h1-11H. The van der Waals surface area contributed by atoms with Crippen LogP contribution in [-0.4, -0.2) is 9.97 Å². The summed E-state index contributed by atoms with van der Waals surface area (Å²) < 4.78 is 19.7. The molecule has 0 amide bonds. The van der Waals surface area contributed by atoms with Gasteiger partial charge in [-0.25, -0.2) is 4.98 Å². The Morgan fingerprint density at radius 3 is 2.68 bits per heavy atom. The zero-order chi connectivity index (χ0) is 14.9. The quantitative estimate of drug-likeness (QED) is 0.482. The third kappa shape index (κ3) is 2.15. The molecule has 22 heavy (non-hydrogen) atoms. The third-order valence-corrected chi connectivity index (χ3v) is 3.55. The van der Waals surface area contributed by atoms with Crippen molar-refractivity contribution in [1.82, 2.24) is 9.97 Å². The van der Waals surface area contributed by atoms with Crippen LogP contribution in [0.1, 0.15) is 11.1 Å². The van der Waals surface area contributed by atoms with Crippen LogP contribution in [0.3, 0.4) is 0 Å². The molecule has 0 spiro atoms. The minimum atomic E-state index is -0.478. The molecule has 0 fully saturated rings. The maximum atomic E-state index is 13.8. The van der Waals surface area contributed by atoms with Crippen molar-refractivity contribution >= 4 is 12.2 Å². The van der Waals surface area contributed by atoms with Crippen LogP contribution in [0.25, 0.3) is 23.3 Å². The average molecular weight is 290 g/mol. The first kappa shape index (κ1) is 12.7. The predicted octanol–water partition coefficient (Wildman–Crippen LogP) is 4.56. The largest absolute Gasteiger partial charge is 0.456 e. The first-order valence-corrected chi connectivity index (χ1v) is 6.86. The van der Waals surface area contributed by atoms with E-state index in [0.717, 1.165) is 28.2 Å². The Morgan fingerprint density at radius 1 is 0.909 bits per heavy atom. The van der Waals surface area contributed by atoms with Gasteiger partial charge in [0.05, 0.1) is 0 Å². The highest BCUT2D eigenvalue weighted by atomic mass is 19.1. The van der Waals surface area contributed by atoms with E-state index in [4.69, 9.17) is 4.74 Å². The SMILES string of the molecule is Fc1ncccc1-c1ccc2c(c1)C=Cc1cnccc1O2. The average Bonchev–Trinajstić information content (AvgIpc) is 2.74. The summed E-state index contributed by atoms with van der Waals surface area (Å²) in [4.78, 5) is 7.78. The van der Waals surface area contributed by atoms with E-state index in [2.05, 4.69) is 9.97 Å². The minimum absolute atomic E-state index is 0.474. The van der Waals surface area contributed by atoms with Crippen LogP contribution in [0.4, 0.5) is 4.39 Å². The van der Waals surface area contributed by atoms with Gasteiger partial charge in [-0.1, -0.05) is 12.1 Å². The zero-order valence-electron chi connectivity index (χ0n) is 11.5. The summed E-state index contributed by atoms with van der Waals surface area (Å²) in [5, 5.41) is 0. The number of aromatic nitrogens is 2. The van der Waals surface area contributed by atoms with Gasteiger partial charge in [0.2, 0.25) is 5.95 Å². The summed E-state index contributed by atoms with van der Waals surface area (Å²) >= 11 is 0. The number of benzene rings is 1. The summed E-state index contributed by atoms with van der Waals surface area (Å²) in [6, 6.07) is 10.8. The molecule has 4 heteroatoms. The fourth-order valence-corrected chi connectivity index (χ4v) is 2.45. The lowest BCUT2D eigenvalue weighted by Crippen LogP contribution is -1.91. The molecule has 0 unspecified atom stereocenters. The molecule has 1 aromatic carbocycles. The van der Waals surface area contributed by atoms with E-state index in [1.807, 2.05) is 36.4 Å². The van der Waals surface area contributed by atoms with Crippen LogP contribution in [0.5, 0.6) is 11.5 Å². The lowest BCUT2D eigenvalue weighted by atomic mass is 10.0. The molecule has 0 bridgehead atoms. The molecule has 4 rings (SSSR count). The molecule has 0 saturated heterocycles. The number of nitrogens with zero attached hydrogens (tertiary/aromatic N) is 2. The molecule has 0 radical (unpaired) electrons. The van der Waals surface area contributed by atoms with E-state index in [0.29, 0.717) is 5.56 Å². The van der Waals surface area contributed by atoms with Gasteiger partial charge in [-0.05, 0) is 42.0 Å². The highest BCUT2D eigenvalue weighted by Crippen LogP contribution is 2.35. The van der Waals surface area contributed by atoms with Crippen molar-refractivity contribution in [2.75, 3.05) is 0 Å². The fourth-order valence-electron chi connectivity index (χ4n) is 2.45. The summed E-state index contributed by atoms with van der Waals surface area (Å²) in [5.41, 5.74) is 3.04. The second-order valence-corrected chi connectivity index (χ2v) is 4.94. The second-order valence-electron chi connectivity index (χ2n) is 4.94. The number of fused-ring (bicyclic) bond motifs is 2. The Hall–Kier alpha value is -3.01. The van der Waals surface area contributed by atoms with Gasteiger partial charge in [-0.15, -0.1) is 0 Å². The number of rotatable bonds is 1. The molecular formula is C18H11FN2O. The van der Waals surface area contributed by atoms with Crippen LogP contribution < -0.4 is 4.74 Å². The van der Waals surface area contributed by atoms with Crippen molar-refractivity contribution in [2.45, 2.75) is 0 Å². The second kappa shape index (κ2) is 5.07. The molecule has 3 nitrogen and oxygen atoms in total. The topological polar surface area (TPSA) is 35.0 Å². The molecule has 106 valence electrons. The van der Waals surface area contributed by atoms with Crippen molar-refractivity contribution in [3.05, 3.63) is 72.1 Å². The van der Waals surface area contributed by atoms with Gasteiger partial charge in [0.1, 0.15) is 11.5 Å².